The Hall–Kier alpha value is -2.71. The van der Waals surface area contributed by atoms with Crippen LogP contribution >= 0.6 is 0 Å². The molecule has 7 nitrogen and oxygen atoms in total. The fraction of sp³-hybridized carbons (Fsp3) is 0.519. The van der Waals surface area contributed by atoms with Gasteiger partial charge in [-0.1, -0.05) is 30.7 Å². The van der Waals surface area contributed by atoms with E-state index in [1.165, 1.54) is 5.01 Å². The summed E-state index contributed by atoms with van der Waals surface area (Å²) in [6.45, 7) is 17.3. The molecule has 1 aliphatic heterocycles. The van der Waals surface area contributed by atoms with Crippen molar-refractivity contribution in [1.82, 2.24) is 10.4 Å². The molecule has 1 heterocycles. The van der Waals surface area contributed by atoms with E-state index in [1.807, 2.05) is 61.5 Å². The van der Waals surface area contributed by atoms with Crippen molar-refractivity contribution in [3.63, 3.8) is 0 Å². The Morgan fingerprint density at radius 1 is 1.14 bits per heavy atom. The molecule has 0 radical (unpaired) electrons. The van der Waals surface area contributed by atoms with Crippen LogP contribution in [0.25, 0.3) is 0 Å². The first kappa shape index (κ1) is 26.9. The van der Waals surface area contributed by atoms with Crippen LogP contribution in [0.5, 0.6) is 0 Å². The molecule has 0 bridgehead atoms. The van der Waals surface area contributed by atoms with Gasteiger partial charge in [0.25, 0.3) is 11.8 Å². The molecule has 0 spiro atoms. The highest BCUT2D eigenvalue weighted by Gasteiger charge is 2.52. The highest BCUT2D eigenvalue weighted by Crippen LogP contribution is 2.36. The van der Waals surface area contributed by atoms with Crippen LogP contribution < -0.4 is 10.9 Å². The van der Waals surface area contributed by atoms with E-state index >= 15 is 0 Å². The fourth-order valence-corrected chi connectivity index (χ4v) is 4.22. The number of hydrazine groups is 1. The largest absolute Gasteiger partial charge is 0.495 e. The molecule has 1 saturated heterocycles. The van der Waals surface area contributed by atoms with Crippen LogP contribution in [0.1, 0.15) is 89.5 Å². The van der Waals surface area contributed by atoms with Gasteiger partial charge in [-0.2, -0.15) is 0 Å². The molecule has 1 fully saturated rings. The molecule has 3 rings (SSSR count). The summed E-state index contributed by atoms with van der Waals surface area (Å²) in [4.78, 5) is 38.5. The molecule has 35 heavy (non-hydrogen) atoms. The van der Waals surface area contributed by atoms with Crippen molar-refractivity contribution >= 4 is 30.7 Å². The Morgan fingerprint density at radius 2 is 1.74 bits per heavy atom. The molecule has 1 atom stereocenters. The van der Waals surface area contributed by atoms with Gasteiger partial charge in [0.05, 0.1) is 16.7 Å². The van der Waals surface area contributed by atoms with E-state index in [4.69, 9.17) is 9.31 Å². The summed E-state index contributed by atoms with van der Waals surface area (Å²) >= 11 is 0. The SMILES string of the molecule is CC1=CC(C)CC(C(=O)N(NC(=O)c2ccc(C=O)c(B3OC(C)(C)C(C)(C)O3)c2)C(C)(C)C)=C1. The van der Waals surface area contributed by atoms with Crippen molar-refractivity contribution in [1.29, 1.82) is 0 Å². The van der Waals surface area contributed by atoms with Gasteiger partial charge in [0.2, 0.25) is 0 Å². The van der Waals surface area contributed by atoms with Crippen LogP contribution in [0.4, 0.5) is 0 Å². The Morgan fingerprint density at radius 3 is 2.26 bits per heavy atom. The second kappa shape index (κ2) is 9.39. The third kappa shape index (κ3) is 5.59. The maximum Gasteiger partial charge on any atom is 0.495 e. The van der Waals surface area contributed by atoms with Crippen molar-refractivity contribution in [3.8, 4) is 0 Å². The fourth-order valence-electron chi connectivity index (χ4n) is 4.22. The van der Waals surface area contributed by atoms with E-state index in [1.54, 1.807) is 18.2 Å². The van der Waals surface area contributed by atoms with Crippen LogP contribution in [0, 0.1) is 5.92 Å². The molecule has 2 aliphatic rings. The molecule has 1 unspecified atom stereocenters. The number of rotatable bonds is 4. The van der Waals surface area contributed by atoms with Gasteiger partial charge >= 0.3 is 7.12 Å². The highest BCUT2D eigenvalue weighted by atomic mass is 16.7. The number of nitrogens with one attached hydrogen (secondary N) is 1. The average Bonchev–Trinajstić information content (AvgIpc) is 2.96. The summed E-state index contributed by atoms with van der Waals surface area (Å²) in [6.07, 6.45) is 5.34. The molecule has 1 aliphatic carbocycles. The zero-order valence-corrected chi connectivity index (χ0v) is 22.3. The Kier molecular flexibility index (Phi) is 7.22. The second-order valence-electron chi connectivity index (χ2n) is 11.6. The normalized spacial score (nSPS) is 21.2. The molecular formula is C27H37BN2O5. The standard InChI is InChI=1S/C27H37BN2O5/c1-17-12-18(2)14-21(13-17)24(33)30(25(3,4)5)29-23(32)19-10-11-20(16-31)22(15-19)28-34-26(6,7)27(8,9)35-28/h10-13,15-16,18H,14H2,1-9H3,(H,29,32). The number of aldehydes is 1. The first-order valence-corrected chi connectivity index (χ1v) is 12.0. The van der Waals surface area contributed by atoms with Crippen LogP contribution in [0.15, 0.2) is 41.5 Å². The van der Waals surface area contributed by atoms with Gasteiger partial charge in [0.15, 0.2) is 0 Å². The first-order chi connectivity index (χ1) is 16.1. The minimum atomic E-state index is -0.794. The lowest BCUT2D eigenvalue weighted by molar-refractivity contribution is -0.135. The molecule has 2 amide bonds. The van der Waals surface area contributed by atoms with E-state index in [0.717, 1.165) is 11.9 Å². The lowest BCUT2D eigenvalue weighted by atomic mass is 9.75. The number of carbonyl (C=O) groups excluding carboxylic acids is 3. The van der Waals surface area contributed by atoms with E-state index in [9.17, 15) is 14.4 Å². The van der Waals surface area contributed by atoms with Crippen LogP contribution in [0.3, 0.4) is 0 Å². The third-order valence-electron chi connectivity index (χ3n) is 6.84. The van der Waals surface area contributed by atoms with Crippen molar-refractivity contribution < 1.29 is 23.7 Å². The lowest BCUT2D eigenvalue weighted by Crippen LogP contribution is -2.56. The Balaban J connectivity index is 1.90. The summed E-state index contributed by atoms with van der Waals surface area (Å²) in [6, 6.07) is 4.74. The number of carbonyl (C=O) groups is 3. The zero-order chi connectivity index (χ0) is 26.3. The van der Waals surface area contributed by atoms with Gasteiger partial charge in [-0.15, -0.1) is 0 Å². The van der Waals surface area contributed by atoms with Crippen molar-refractivity contribution in [2.75, 3.05) is 0 Å². The summed E-state index contributed by atoms with van der Waals surface area (Å²) < 4.78 is 12.2. The van der Waals surface area contributed by atoms with Crippen molar-refractivity contribution in [2.24, 2.45) is 5.92 Å². The van der Waals surface area contributed by atoms with Crippen LogP contribution in [-0.4, -0.2) is 47.0 Å². The minimum Gasteiger partial charge on any atom is -0.399 e. The zero-order valence-electron chi connectivity index (χ0n) is 22.3. The molecule has 1 aromatic carbocycles. The predicted octanol–water partition coefficient (Wildman–Crippen LogP) is 3.98. The minimum absolute atomic E-state index is 0.235. The van der Waals surface area contributed by atoms with E-state index in [-0.39, 0.29) is 11.8 Å². The van der Waals surface area contributed by atoms with Gasteiger partial charge in [0.1, 0.15) is 6.29 Å². The lowest BCUT2D eigenvalue weighted by Gasteiger charge is -2.36. The summed E-state index contributed by atoms with van der Waals surface area (Å²) in [7, 11) is -0.794. The first-order valence-electron chi connectivity index (χ1n) is 12.0. The van der Waals surface area contributed by atoms with Crippen LogP contribution in [0.2, 0.25) is 0 Å². The Labute approximate surface area is 209 Å². The molecule has 1 aromatic rings. The Bertz CT molecular complexity index is 1080. The predicted molar refractivity (Wildman–Crippen MR) is 137 cm³/mol. The number of hydrogen-bond acceptors (Lipinski definition) is 5. The molecule has 0 aromatic heterocycles. The topological polar surface area (TPSA) is 84.9 Å². The summed E-state index contributed by atoms with van der Waals surface area (Å²) in [5, 5.41) is 1.38. The van der Waals surface area contributed by atoms with E-state index in [0.29, 0.717) is 28.6 Å². The number of hydrogen-bond donors (Lipinski definition) is 1. The monoisotopic (exact) mass is 480 g/mol. The molecular weight excluding hydrogens is 443 g/mol. The summed E-state index contributed by atoms with van der Waals surface area (Å²) in [5.41, 5.74) is 3.79. The van der Waals surface area contributed by atoms with Gasteiger partial charge in [-0.3, -0.25) is 19.8 Å². The van der Waals surface area contributed by atoms with Gasteiger partial charge < -0.3 is 9.31 Å². The number of nitrogens with zero attached hydrogens (tertiary/aromatic N) is 1. The van der Waals surface area contributed by atoms with Crippen LogP contribution in [-0.2, 0) is 14.1 Å². The molecule has 8 heteroatoms. The molecule has 0 saturated carbocycles. The third-order valence-corrected chi connectivity index (χ3v) is 6.84. The maximum atomic E-state index is 13.5. The number of benzene rings is 1. The number of amides is 2. The molecule has 1 N–H and O–H groups in total. The second-order valence-corrected chi connectivity index (χ2v) is 11.6. The summed E-state index contributed by atoms with van der Waals surface area (Å²) in [5.74, 6) is -0.448. The average molecular weight is 480 g/mol. The maximum absolute atomic E-state index is 13.5. The van der Waals surface area contributed by atoms with Crippen molar-refractivity contribution in [3.05, 3.63) is 52.6 Å². The quantitative estimate of drug-likeness (QED) is 0.400. The van der Waals surface area contributed by atoms with Gasteiger partial charge in [-0.05, 0) is 85.3 Å². The smallest absolute Gasteiger partial charge is 0.399 e. The van der Waals surface area contributed by atoms with Gasteiger partial charge in [-0.25, -0.2) is 5.01 Å². The van der Waals surface area contributed by atoms with Gasteiger partial charge in [0, 0.05) is 16.7 Å². The highest BCUT2D eigenvalue weighted by molar-refractivity contribution is 6.63. The number of allylic oxidation sites excluding steroid dienone is 3. The molecule has 188 valence electrons. The van der Waals surface area contributed by atoms with E-state index < -0.39 is 29.8 Å². The van der Waals surface area contributed by atoms with Crippen molar-refractivity contribution in [2.45, 2.75) is 85.5 Å². The van der Waals surface area contributed by atoms with E-state index in [2.05, 4.69) is 18.4 Å².